The largest absolute Gasteiger partial charge is 1.00 e. The van der Waals surface area contributed by atoms with Crippen LogP contribution in [0.4, 0.5) is 0 Å². The van der Waals surface area contributed by atoms with Crippen molar-refractivity contribution in [2.75, 3.05) is 0 Å². The Morgan fingerprint density at radius 2 is 2.08 bits per heavy atom. The summed E-state index contributed by atoms with van der Waals surface area (Å²) in [6.07, 6.45) is 0. The Labute approximate surface area is 101 Å². The van der Waals surface area contributed by atoms with Crippen molar-refractivity contribution in [3.05, 3.63) is 29.3 Å². The Kier molecular flexibility index (Phi) is 3.44. The number of carbonyl (C=O) groups excluding carboxylic acids is 1. The smallest absolute Gasteiger partial charge is 0.542 e. The maximum atomic E-state index is 10.4. The van der Waals surface area contributed by atoms with Crippen LogP contribution in [0, 0.1) is 0 Å². The number of benzene rings is 1. The fraction of sp³-hybridized carbons (Fsp3) is 0. The molecule has 0 aliphatic heterocycles. The van der Waals surface area contributed by atoms with Crippen molar-refractivity contribution >= 4 is 27.5 Å². The van der Waals surface area contributed by atoms with E-state index in [1.54, 1.807) is 6.07 Å². The summed E-state index contributed by atoms with van der Waals surface area (Å²) in [5.41, 5.74) is 0.710. The van der Waals surface area contributed by atoms with Gasteiger partial charge in [0.25, 0.3) is 0 Å². The zero-order valence-electron chi connectivity index (χ0n) is 6.98. The van der Waals surface area contributed by atoms with Crippen molar-refractivity contribution < 1.29 is 39.5 Å². The molecule has 0 saturated carbocycles. The van der Waals surface area contributed by atoms with Gasteiger partial charge in [-0.25, -0.2) is 4.98 Å². The van der Waals surface area contributed by atoms with Crippen LogP contribution < -0.4 is 34.7 Å². The van der Waals surface area contributed by atoms with Crippen molar-refractivity contribution in [3.63, 3.8) is 0 Å². The SMILES string of the molecule is O=C([O-])c1nc2ccccc2s1.[Na+]. The first kappa shape index (κ1) is 10.7. The summed E-state index contributed by atoms with van der Waals surface area (Å²) in [5.74, 6) is -1.21. The van der Waals surface area contributed by atoms with Gasteiger partial charge in [-0.05, 0) is 12.1 Å². The van der Waals surface area contributed by atoms with Crippen LogP contribution in [0.15, 0.2) is 24.3 Å². The fourth-order valence-electron chi connectivity index (χ4n) is 0.960. The monoisotopic (exact) mass is 201 g/mol. The molecule has 60 valence electrons. The molecule has 3 nitrogen and oxygen atoms in total. The molecule has 1 heterocycles. The number of nitrogens with zero attached hydrogens (tertiary/aromatic N) is 1. The van der Waals surface area contributed by atoms with Gasteiger partial charge in [0.2, 0.25) is 0 Å². The third-order valence-electron chi connectivity index (χ3n) is 1.47. The van der Waals surface area contributed by atoms with E-state index in [0.717, 1.165) is 16.0 Å². The van der Waals surface area contributed by atoms with E-state index in [4.69, 9.17) is 0 Å². The summed E-state index contributed by atoms with van der Waals surface area (Å²) in [5, 5.41) is 10.4. The Hall–Kier alpha value is -0.420. The minimum atomic E-state index is -1.21. The third kappa shape index (κ3) is 2.08. The van der Waals surface area contributed by atoms with Crippen LogP contribution in [0.2, 0.25) is 0 Å². The molecule has 0 fully saturated rings. The summed E-state index contributed by atoms with van der Waals surface area (Å²) >= 11 is 1.13. The van der Waals surface area contributed by atoms with E-state index in [-0.39, 0.29) is 34.6 Å². The number of aromatic nitrogens is 1. The molecule has 0 aliphatic carbocycles. The molecule has 0 spiro atoms. The Bertz CT molecular complexity index is 407. The van der Waals surface area contributed by atoms with Gasteiger partial charge in [-0.2, -0.15) is 0 Å². The molecule has 2 rings (SSSR count). The van der Waals surface area contributed by atoms with E-state index < -0.39 is 5.97 Å². The predicted octanol–water partition coefficient (Wildman–Crippen LogP) is -2.34. The van der Waals surface area contributed by atoms with Crippen LogP contribution in [0.3, 0.4) is 0 Å². The quantitative estimate of drug-likeness (QED) is 0.486. The number of fused-ring (bicyclic) bond motifs is 1. The van der Waals surface area contributed by atoms with Crippen molar-refractivity contribution in [3.8, 4) is 0 Å². The number of carbonyl (C=O) groups is 1. The second-order valence-electron chi connectivity index (χ2n) is 2.27. The van der Waals surface area contributed by atoms with Crippen LogP contribution in [-0.2, 0) is 0 Å². The summed E-state index contributed by atoms with van der Waals surface area (Å²) in [7, 11) is 0. The number of aromatic carboxylic acids is 1. The van der Waals surface area contributed by atoms with Gasteiger partial charge in [-0.3, -0.25) is 0 Å². The molecule has 0 radical (unpaired) electrons. The molecule has 0 atom stereocenters. The number of hydrogen-bond donors (Lipinski definition) is 0. The predicted molar refractivity (Wildman–Crippen MR) is 44.0 cm³/mol. The second kappa shape index (κ2) is 4.19. The van der Waals surface area contributed by atoms with Gasteiger partial charge in [-0.1, -0.05) is 12.1 Å². The van der Waals surface area contributed by atoms with Gasteiger partial charge < -0.3 is 9.90 Å². The molecular formula is C8H4NNaO2S. The molecule has 1 aromatic heterocycles. The summed E-state index contributed by atoms with van der Waals surface area (Å²) in [6.45, 7) is 0. The average Bonchev–Trinajstić information content (AvgIpc) is 2.46. The van der Waals surface area contributed by atoms with Crippen LogP contribution in [-0.4, -0.2) is 11.0 Å². The first-order chi connectivity index (χ1) is 5.77. The van der Waals surface area contributed by atoms with Crippen molar-refractivity contribution in [2.45, 2.75) is 0 Å². The second-order valence-corrected chi connectivity index (χ2v) is 3.30. The Morgan fingerprint density at radius 3 is 2.69 bits per heavy atom. The van der Waals surface area contributed by atoms with Crippen LogP contribution in [0.1, 0.15) is 9.80 Å². The maximum Gasteiger partial charge on any atom is 1.00 e. The molecule has 0 unspecified atom stereocenters. The van der Waals surface area contributed by atoms with E-state index in [2.05, 4.69) is 4.98 Å². The molecule has 2 aromatic rings. The molecule has 0 bridgehead atoms. The number of para-hydroxylation sites is 1. The first-order valence-corrected chi connectivity index (χ1v) is 4.16. The molecule has 13 heavy (non-hydrogen) atoms. The van der Waals surface area contributed by atoms with Gasteiger partial charge >= 0.3 is 29.6 Å². The maximum absolute atomic E-state index is 10.4. The average molecular weight is 201 g/mol. The van der Waals surface area contributed by atoms with Gasteiger partial charge in [0, 0.05) is 0 Å². The summed E-state index contributed by atoms with van der Waals surface area (Å²) < 4.78 is 0.872. The minimum Gasteiger partial charge on any atom is -0.542 e. The zero-order chi connectivity index (χ0) is 8.55. The normalized spacial score (nSPS) is 9.54. The summed E-state index contributed by atoms with van der Waals surface area (Å²) in [6, 6.07) is 7.28. The van der Waals surface area contributed by atoms with Crippen molar-refractivity contribution in [1.29, 1.82) is 0 Å². The first-order valence-electron chi connectivity index (χ1n) is 3.34. The van der Waals surface area contributed by atoms with E-state index in [1.807, 2.05) is 18.2 Å². The third-order valence-corrected chi connectivity index (χ3v) is 2.48. The van der Waals surface area contributed by atoms with Crippen molar-refractivity contribution in [2.24, 2.45) is 0 Å². The number of thiazole rings is 1. The van der Waals surface area contributed by atoms with E-state index in [1.165, 1.54) is 0 Å². The van der Waals surface area contributed by atoms with Crippen LogP contribution in [0.25, 0.3) is 10.2 Å². The Morgan fingerprint density at radius 1 is 1.38 bits per heavy atom. The van der Waals surface area contributed by atoms with Gasteiger partial charge in [0.1, 0.15) is 11.0 Å². The van der Waals surface area contributed by atoms with E-state index in [0.29, 0.717) is 5.52 Å². The molecule has 0 aliphatic rings. The Balaban J connectivity index is 0.000000845. The molecule has 0 N–H and O–H groups in total. The molecule has 0 amide bonds. The zero-order valence-corrected chi connectivity index (χ0v) is 9.80. The summed E-state index contributed by atoms with van der Waals surface area (Å²) in [4.78, 5) is 14.3. The standard InChI is InChI=1S/C8H5NO2S.Na/c10-8(11)7-9-5-3-1-2-4-6(5)12-7;/h1-4H,(H,10,11);/q;+1/p-1. The molecule has 5 heteroatoms. The van der Waals surface area contributed by atoms with Crippen LogP contribution in [0.5, 0.6) is 0 Å². The number of carboxylic acid groups (broad SMARTS) is 1. The molecule has 0 saturated heterocycles. The van der Waals surface area contributed by atoms with Crippen LogP contribution >= 0.6 is 11.3 Å². The topological polar surface area (TPSA) is 53.0 Å². The van der Waals surface area contributed by atoms with Gasteiger partial charge in [0.15, 0.2) is 0 Å². The van der Waals surface area contributed by atoms with Gasteiger partial charge in [-0.15, -0.1) is 11.3 Å². The number of rotatable bonds is 1. The van der Waals surface area contributed by atoms with E-state index >= 15 is 0 Å². The van der Waals surface area contributed by atoms with Crippen molar-refractivity contribution in [1.82, 2.24) is 4.98 Å². The number of hydrogen-bond acceptors (Lipinski definition) is 4. The molecule has 1 aromatic carbocycles. The molecular weight excluding hydrogens is 197 g/mol. The van der Waals surface area contributed by atoms with E-state index in [9.17, 15) is 9.90 Å². The minimum absolute atomic E-state index is 0. The van der Waals surface area contributed by atoms with Gasteiger partial charge in [0.05, 0.1) is 10.2 Å². The fourth-order valence-corrected chi connectivity index (χ4v) is 1.76. The number of carboxylic acids is 1.